The third-order valence-electron chi connectivity index (χ3n) is 13.0. The Bertz CT molecular complexity index is 2770. The number of fused-ring (bicyclic) bond motifs is 6. The number of aromatic nitrogens is 4. The number of imidazole rings is 2. The molecule has 2 aromatic heterocycles. The minimum absolute atomic E-state index is 0.0581. The van der Waals surface area contributed by atoms with E-state index in [9.17, 15) is 19.2 Å². The van der Waals surface area contributed by atoms with Crippen LogP contribution in [0.4, 0.5) is 9.59 Å². The number of alkyl carbamates (subject to hydrolysis) is 2. The second kappa shape index (κ2) is 17.9. The Kier molecular flexibility index (Phi) is 11.9. The molecule has 2 saturated heterocycles. The molecule has 16 nitrogen and oxygen atoms in total. The van der Waals surface area contributed by atoms with E-state index in [1.54, 1.807) is 12.0 Å². The molecule has 0 aliphatic carbocycles. The van der Waals surface area contributed by atoms with Crippen LogP contribution >= 0.6 is 0 Å². The standard InChI is InChI=1S/C49H54N8O8/c1-26(2)41(54-48(60)63-5)46(58)56-22-27(3)16-38(56)44-50-21-37(52-44)31-12-14-33-32(18-31)25-65-40-20-34-30(19-35(33)40)13-15-36-43(34)53-45(51-36)39-17-28(24-62-4)23-57(39)47(59)42(55-49(61)64-6)29-10-8-7-9-11-29/h7-15,18-21,26-28,38-39,41-42H,16-17,22-25H2,1-6H3,(H,50,52)(H,51,53)(H,54,60)(H,55,61)/t27-,28-,38-,39-,41-,42+/m0/s1. The van der Waals surface area contributed by atoms with Gasteiger partial charge < -0.3 is 49.3 Å². The first kappa shape index (κ1) is 43.3. The van der Waals surface area contributed by atoms with Gasteiger partial charge in [0.2, 0.25) is 5.91 Å². The Labute approximate surface area is 376 Å². The fourth-order valence-electron chi connectivity index (χ4n) is 9.78. The first-order chi connectivity index (χ1) is 31.4. The quantitative estimate of drug-likeness (QED) is 0.101. The number of likely N-dealkylation sites (tertiary alicyclic amines) is 2. The maximum Gasteiger partial charge on any atom is 0.407 e. The number of methoxy groups -OCH3 is 3. The smallest absolute Gasteiger partial charge is 0.407 e. The van der Waals surface area contributed by atoms with Crippen molar-refractivity contribution in [3.05, 3.63) is 102 Å². The molecule has 16 heteroatoms. The molecule has 5 heterocycles. The number of amides is 4. The van der Waals surface area contributed by atoms with Crippen molar-refractivity contribution >= 4 is 45.8 Å². The second-order valence-electron chi connectivity index (χ2n) is 17.7. The van der Waals surface area contributed by atoms with E-state index in [1.807, 2.05) is 61.3 Å². The molecule has 2 fully saturated rings. The Balaban J connectivity index is 0.981. The first-order valence-corrected chi connectivity index (χ1v) is 22.1. The van der Waals surface area contributed by atoms with E-state index in [-0.39, 0.29) is 35.6 Å². The van der Waals surface area contributed by atoms with Gasteiger partial charge in [-0.25, -0.2) is 19.6 Å². The summed E-state index contributed by atoms with van der Waals surface area (Å²) in [6.45, 7) is 7.75. The molecule has 3 aliphatic rings. The molecule has 9 rings (SSSR count). The number of hydrogen-bond donors (Lipinski definition) is 4. The van der Waals surface area contributed by atoms with Crippen LogP contribution in [0.2, 0.25) is 0 Å². The summed E-state index contributed by atoms with van der Waals surface area (Å²) >= 11 is 0. The zero-order valence-corrected chi connectivity index (χ0v) is 37.3. The van der Waals surface area contributed by atoms with Crippen LogP contribution in [0.3, 0.4) is 0 Å². The van der Waals surface area contributed by atoms with Gasteiger partial charge in [0.1, 0.15) is 36.1 Å². The monoisotopic (exact) mass is 882 g/mol. The van der Waals surface area contributed by atoms with Crippen LogP contribution in [0.5, 0.6) is 5.75 Å². The van der Waals surface area contributed by atoms with Crippen LogP contribution < -0.4 is 15.4 Å². The molecule has 0 spiro atoms. The summed E-state index contributed by atoms with van der Waals surface area (Å²) in [4.78, 5) is 73.4. The highest BCUT2D eigenvalue weighted by atomic mass is 16.5. The highest BCUT2D eigenvalue weighted by molar-refractivity contribution is 6.07. The van der Waals surface area contributed by atoms with Crippen LogP contribution in [-0.4, -0.2) is 101 Å². The molecule has 0 unspecified atom stereocenters. The van der Waals surface area contributed by atoms with E-state index in [2.05, 4.69) is 63.9 Å². The van der Waals surface area contributed by atoms with Gasteiger partial charge in [-0.2, -0.15) is 0 Å². The summed E-state index contributed by atoms with van der Waals surface area (Å²) in [5.74, 6) is 1.87. The lowest BCUT2D eigenvalue weighted by atomic mass is 9.92. The van der Waals surface area contributed by atoms with Gasteiger partial charge in [-0.3, -0.25) is 9.59 Å². The van der Waals surface area contributed by atoms with Gasteiger partial charge in [-0.05, 0) is 76.6 Å². The number of carbonyl (C=O) groups excluding carboxylic acids is 4. The largest absolute Gasteiger partial charge is 0.488 e. The third kappa shape index (κ3) is 8.34. The maximum absolute atomic E-state index is 14.4. The van der Waals surface area contributed by atoms with E-state index < -0.39 is 30.3 Å². The molecule has 4 aromatic carbocycles. The molecule has 0 saturated carbocycles. The Morgan fingerprint density at radius 2 is 1.58 bits per heavy atom. The normalized spacial score (nSPS) is 20.0. The van der Waals surface area contributed by atoms with Crippen LogP contribution in [0, 0.1) is 17.8 Å². The summed E-state index contributed by atoms with van der Waals surface area (Å²) in [6.07, 6.45) is 1.85. The van der Waals surface area contributed by atoms with Crippen LogP contribution in [0.1, 0.15) is 74.5 Å². The first-order valence-electron chi connectivity index (χ1n) is 22.1. The molecular formula is C49H54N8O8. The van der Waals surface area contributed by atoms with Crippen molar-refractivity contribution < 1.29 is 38.1 Å². The highest BCUT2D eigenvalue weighted by Gasteiger charge is 2.42. The van der Waals surface area contributed by atoms with Crippen molar-refractivity contribution in [1.29, 1.82) is 0 Å². The van der Waals surface area contributed by atoms with E-state index in [4.69, 9.17) is 28.9 Å². The van der Waals surface area contributed by atoms with Gasteiger partial charge in [-0.1, -0.05) is 69.3 Å². The molecular weight excluding hydrogens is 829 g/mol. The topological polar surface area (TPSA) is 193 Å². The molecule has 6 aromatic rings. The number of nitrogens with one attached hydrogen (secondary N) is 4. The van der Waals surface area contributed by atoms with Gasteiger partial charge >= 0.3 is 12.2 Å². The summed E-state index contributed by atoms with van der Waals surface area (Å²) in [7, 11) is 4.22. The summed E-state index contributed by atoms with van der Waals surface area (Å²) in [6, 6.07) is 21.4. The SMILES string of the molecule is COC[C@H]1C[C@@H](c2nc3ccc4cc5c(cc4c3[nH]2)OCc2cc(-c3cnc([C@@H]4C[C@H](C)CN4C(=O)[C@@H](NC(=O)OC)C(C)C)[nH]3)ccc2-5)N(C(=O)[C@H](NC(=O)OC)c2ccccc2)C1. The van der Waals surface area contributed by atoms with Crippen LogP contribution in [-0.2, 0) is 30.4 Å². The van der Waals surface area contributed by atoms with Crippen molar-refractivity contribution in [2.24, 2.45) is 17.8 Å². The molecule has 4 amide bonds. The Hall–Kier alpha value is -6.94. The molecule has 3 aliphatic heterocycles. The lowest BCUT2D eigenvalue weighted by Gasteiger charge is -2.30. The van der Waals surface area contributed by atoms with Crippen molar-refractivity contribution in [3.8, 4) is 28.1 Å². The number of carbonyl (C=O) groups is 4. The highest BCUT2D eigenvalue weighted by Crippen LogP contribution is 2.44. The fraction of sp³-hybridized carbons (Fsp3) is 0.388. The van der Waals surface area contributed by atoms with Gasteiger partial charge in [0.15, 0.2) is 0 Å². The maximum atomic E-state index is 14.4. The van der Waals surface area contributed by atoms with E-state index in [1.165, 1.54) is 14.2 Å². The van der Waals surface area contributed by atoms with Gasteiger partial charge in [-0.15, -0.1) is 0 Å². The predicted molar refractivity (Wildman–Crippen MR) is 243 cm³/mol. The Morgan fingerprint density at radius 3 is 2.34 bits per heavy atom. The fourth-order valence-corrected chi connectivity index (χ4v) is 9.78. The third-order valence-corrected chi connectivity index (χ3v) is 13.0. The van der Waals surface area contributed by atoms with Crippen molar-refractivity contribution in [2.75, 3.05) is 41.0 Å². The van der Waals surface area contributed by atoms with Crippen molar-refractivity contribution in [2.45, 2.75) is 64.4 Å². The number of hydrogen-bond acceptors (Lipinski definition) is 10. The number of nitrogens with zero attached hydrogens (tertiary/aromatic N) is 4. The molecule has 65 heavy (non-hydrogen) atoms. The number of rotatable bonds is 11. The number of aromatic amines is 2. The summed E-state index contributed by atoms with van der Waals surface area (Å²) in [5, 5.41) is 7.41. The molecule has 6 atom stereocenters. The van der Waals surface area contributed by atoms with Crippen LogP contribution in [0.25, 0.3) is 44.2 Å². The minimum Gasteiger partial charge on any atom is -0.488 e. The second-order valence-corrected chi connectivity index (χ2v) is 17.7. The summed E-state index contributed by atoms with van der Waals surface area (Å²) < 4.78 is 21.7. The van der Waals surface area contributed by atoms with E-state index in [0.29, 0.717) is 49.9 Å². The lowest BCUT2D eigenvalue weighted by molar-refractivity contribution is -0.136. The predicted octanol–water partition coefficient (Wildman–Crippen LogP) is 7.59. The number of H-pyrrole nitrogens is 2. The zero-order valence-electron chi connectivity index (χ0n) is 37.3. The van der Waals surface area contributed by atoms with Crippen molar-refractivity contribution in [1.82, 2.24) is 40.4 Å². The molecule has 338 valence electrons. The minimum atomic E-state index is -0.955. The van der Waals surface area contributed by atoms with E-state index >= 15 is 0 Å². The van der Waals surface area contributed by atoms with E-state index in [0.717, 1.165) is 61.9 Å². The Morgan fingerprint density at radius 1 is 0.831 bits per heavy atom. The van der Waals surface area contributed by atoms with Gasteiger partial charge in [0.25, 0.3) is 5.91 Å². The number of ether oxygens (including phenoxy) is 4. The summed E-state index contributed by atoms with van der Waals surface area (Å²) in [5.41, 5.74) is 7.10. The molecule has 0 bridgehead atoms. The number of benzene rings is 4. The lowest BCUT2D eigenvalue weighted by Crippen LogP contribution is -2.51. The van der Waals surface area contributed by atoms with Gasteiger partial charge in [0, 0.05) is 37.1 Å². The average Bonchev–Trinajstić information content (AvgIpc) is 4.15. The zero-order chi connectivity index (χ0) is 45.5. The average molecular weight is 883 g/mol. The van der Waals surface area contributed by atoms with Crippen LogP contribution in [0.15, 0.2) is 79.0 Å². The van der Waals surface area contributed by atoms with Gasteiger partial charge in [0.05, 0.1) is 55.8 Å². The molecule has 0 radical (unpaired) electrons. The molecule has 4 N–H and O–H groups in total. The van der Waals surface area contributed by atoms with Crippen molar-refractivity contribution in [3.63, 3.8) is 0 Å².